The van der Waals surface area contributed by atoms with Gasteiger partial charge in [0.2, 0.25) is 0 Å². The van der Waals surface area contributed by atoms with Crippen molar-refractivity contribution in [1.29, 1.82) is 0 Å². The van der Waals surface area contributed by atoms with Gasteiger partial charge in [0.25, 0.3) is 0 Å². The minimum atomic E-state index is -4.44. The molecule has 1 rings (SSSR count). The third-order valence-electron chi connectivity index (χ3n) is 1.54. The summed E-state index contributed by atoms with van der Waals surface area (Å²) < 4.78 is 49.0. The fraction of sp³-hybridized carbons (Fsp3) is 0.111. The summed E-state index contributed by atoms with van der Waals surface area (Å²) in [5.74, 6) is -0.706. The Balaban J connectivity index is 3.21. The quantitative estimate of drug-likeness (QED) is 0.594. The minimum Gasteiger partial charge on any atom is -0.206 e. The number of alkyl halides is 3. The van der Waals surface area contributed by atoms with E-state index in [4.69, 9.17) is 0 Å². The molecule has 1 aromatic carbocycles. The fourth-order valence-electron chi connectivity index (χ4n) is 0.877. The predicted molar refractivity (Wildman–Crippen MR) is 41.5 cm³/mol. The minimum absolute atomic E-state index is 0.144. The first-order valence-corrected chi connectivity index (χ1v) is 3.44. The monoisotopic (exact) mass is 190 g/mol. The number of hydrogen-bond donors (Lipinski definition) is 0. The predicted octanol–water partition coefficient (Wildman–Crippen LogP) is 3.49. The lowest BCUT2D eigenvalue weighted by molar-refractivity contribution is -0.137. The maximum atomic E-state index is 12.7. The van der Waals surface area contributed by atoms with Crippen molar-refractivity contribution < 1.29 is 17.6 Å². The van der Waals surface area contributed by atoms with Gasteiger partial charge in [-0.3, -0.25) is 0 Å². The average molecular weight is 190 g/mol. The van der Waals surface area contributed by atoms with Gasteiger partial charge in [-0.1, -0.05) is 12.7 Å². The molecule has 0 saturated carbocycles. The highest BCUT2D eigenvalue weighted by Gasteiger charge is 2.30. The molecule has 0 radical (unpaired) electrons. The zero-order valence-corrected chi connectivity index (χ0v) is 6.53. The zero-order valence-electron chi connectivity index (χ0n) is 6.53. The molecule has 0 bridgehead atoms. The first kappa shape index (κ1) is 9.77. The van der Waals surface area contributed by atoms with Crippen LogP contribution in [0.1, 0.15) is 11.1 Å². The van der Waals surface area contributed by atoms with Crippen LogP contribution in [-0.4, -0.2) is 0 Å². The third-order valence-corrected chi connectivity index (χ3v) is 1.54. The Kier molecular flexibility index (Phi) is 2.40. The van der Waals surface area contributed by atoms with Gasteiger partial charge in [-0.05, 0) is 18.2 Å². The maximum absolute atomic E-state index is 12.7. The molecule has 0 aliphatic heterocycles. The maximum Gasteiger partial charge on any atom is 0.416 e. The molecular formula is C9H6F4. The van der Waals surface area contributed by atoms with E-state index in [0.29, 0.717) is 6.07 Å². The van der Waals surface area contributed by atoms with Crippen molar-refractivity contribution in [3.63, 3.8) is 0 Å². The molecule has 0 nitrogen and oxygen atoms in total. The summed E-state index contributed by atoms with van der Waals surface area (Å²) >= 11 is 0. The molecule has 0 saturated heterocycles. The van der Waals surface area contributed by atoms with E-state index < -0.39 is 17.6 Å². The van der Waals surface area contributed by atoms with Gasteiger partial charge in [-0.15, -0.1) is 0 Å². The summed E-state index contributed by atoms with van der Waals surface area (Å²) in [7, 11) is 0. The molecule has 0 amide bonds. The Hall–Kier alpha value is -1.32. The normalized spacial score (nSPS) is 11.4. The van der Waals surface area contributed by atoms with Crippen LogP contribution in [0.25, 0.3) is 6.08 Å². The molecule has 0 unspecified atom stereocenters. The number of hydrogen-bond acceptors (Lipinski definition) is 0. The van der Waals surface area contributed by atoms with Crippen LogP contribution in [0.15, 0.2) is 24.8 Å². The molecule has 13 heavy (non-hydrogen) atoms. The Morgan fingerprint density at radius 3 is 2.31 bits per heavy atom. The molecule has 1 aromatic rings. The van der Waals surface area contributed by atoms with E-state index >= 15 is 0 Å². The molecule has 0 aromatic heterocycles. The number of halogens is 4. The van der Waals surface area contributed by atoms with Crippen molar-refractivity contribution in [3.8, 4) is 0 Å². The number of benzene rings is 1. The van der Waals surface area contributed by atoms with Crippen LogP contribution in [0.3, 0.4) is 0 Å². The number of rotatable bonds is 1. The summed E-state index contributed by atoms with van der Waals surface area (Å²) in [6.45, 7) is 3.21. The smallest absolute Gasteiger partial charge is 0.206 e. The molecule has 4 heteroatoms. The first-order valence-electron chi connectivity index (χ1n) is 3.44. The summed E-state index contributed by atoms with van der Waals surface area (Å²) in [6, 6.07) is 2.20. The van der Waals surface area contributed by atoms with Gasteiger partial charge in [0.05, 0.1) is 5.56 Å². The van der Waals surface area contributed by atoms with Crippen LogP contribution in [0.5, 0.6) is 0 Å². The summed E-state index contributed by atoms with van der Waals surface area (Å²) in [5, 5.41) is 0. The van der Waals surface area contributed by atoms with E-state index in [1.165, 1.54) is 0 Å². The van der Waals surface area contributed by atoms with Crippen LogP contribution in [0.2, 0.25) is 0 Å². The highest BCUT2D eigenvalue weighted by atomic mass is 19.4. The molecule has 0 spiro atoms. The van der Waals surface area contributed by atoms with Crippen LogP contribution in [0, 0.1) is 5.82 Å². The van der Waals surface area contributed by atoms with Crippen LogP contribution < -0.4 is 0 Å². The third kappa shape index (κ3) is 2.08. The van der Waals surface area contributed by atoms with Crippen LogP contribution in [0.4, 0.5) is 17.6 Å². The summed E-state index contributed by atoms with van der Waals surface area (Å²) in [5.41, 5.74) is -1.02. The average Bonchev–Trinajstić information content (AvgIpc) is 2.03. The van der Waals surface area contributed by atoms with Gasteiger partial charge in [0.1, 0.15) is 5.82 Å². The second kappa shape index (κ2) is 3.20. The zero-order chi connectivity index (χ0) is 10.1. The highest BCUT2D eigenvalue weighted by Crippen LogP contribution is 2.30. The van der Waals surface area contributed by atoms with Gasteiger partial charge in [-0.25, -0.2) is 4.39 Å². The second-order valence-corrected chi connectivity index (χ2v) is 2.44. The summed E-state index contributed by atoms with van der Waals surface area (Å²) in [6.07, 6.45) is -3.39. The van der Waals surface area contributed by atoms with Crippen molar-refractivity contribution in [2.45, 2.75) is 6.18 Å². The Morgan fingerprint density at radius 2 is 1.85 bits per heavy atom. The second-order valence-electron chi connectivity index (χ2n) is 2.44. The lowest BCUT2D eigenvalue weighted by atomic mass is 10.1. The Bertz CT molecular complexity index is 325. The van der Waals surface area contributed by atoms with E-state index in [1.54, 1.807) is 0 Å². The van der Waals surface area contributed by atoms with Gasteiger partial charge in [-0.2, -0.15) is 13.2 Å². The lowest BCUT2D eigenvalue weighted by Crippen LogP contribution is -2.05. The van der Waals surface area contributed by atoms with Crippen molar-refractivity contribution in [2.24, 2.45) is 0 Å². The summed E-state index contributed by atoms with van der Waals surface area (Å²) in [4.78, 5) is 0. The Morgan fingerprint density at radius 1 is 1.23 bits per heavy atom. The van der Waals surface area contributed by atoms with E-state index in [0.717, 1.165) is 18.2 Å². The molecule has 0 atom stereocenters. The van der Waals surface area contributed by atoms with Gasteiger partial charge in [0, 0.05) is 5.56 Å². The van der Waals surface area contributed by atoms with Crippen LogP contribution in [-0.2, 0) is 6.18 Å². The van der Waals surface area contributed by atoms with E-state index in [9.17, 15) is 17.6 Å². The molecule has 0 aliphatic carbocycles. The Labute approximate surface area is 72.5 Å². The van der Waals surface area contributed by atoms with E-state index in [1.807, 2.05) is 0 Å². The van der Waals surface area contributed by atoms with Gasteiger partial charge in [0.15, 0.2) is 0 Å². The van der Waals surface area contributed by atoms with Gasteiger partial charge >= 0.3 is 6.18 Å². The van der Waals surface area contributed by atoms with E-state index in [-0.39, 0.29) is 5.56 Å². The molecule has 0 N–H and O–H groups in total. The largest absolute Gasteiger partial charge is 0.416 e. The van der Waals surface area contributed by atoms with Crippen molar-refractivity contribution in [1.82, 2.24) is 0 Å². The highest BCUT2D eigenvalue weighted by molar-refractivity contribution is 5.49. The van der Waals surface area contributed by atoms with E-state index in [2.05, 4.69) is 6.58 Å². The SMILES string of the molecule is C=Cc1cc(C(F)(F)F)ccc1F. The molecule has 0 aliphatic rings. The van der Waals surface area contributed by atoms with Crippen molar-refractivity contribution in [2.75, 3.05) is 0 Å². The van der Waals surface area contributed by atoms with Crippen molar-refractivity contribution >= 4 is 6.08 Å². The lowest BCUT2D eigenvalue weighted by Gasteiger charge is -2.07. The standard InChI is InChI=1S/C9H6F4/c1-2-6-5-7(9(11,12)13)3-4-8(6)10/h2-5H,1H2. The van der Waals surface area contributed by atoms with Crippen molar-refractivity contribution in [3.05, 3.63) is 41.7 Å². The topological polar surface area (TPSA) is 0 Å². The van der Waals surface area contributed by atoms with Gasteiger partial charge < -0.3 is 0 Å². The first-order chi connectivity index (χ1) is 5.95. The fourth-order valence-corrected chi connectivity index (χ4v) is 0.877. The van der Waals surface area contributed by atoms with Crippen LogP contribution >= 0.6 is 0 Å². The molecule has 0 fully saturated rings. The molecular weight excluding hydrogens is 184 g/mol. The molecule has 0 heterocycles. The molecule has 70 valence electrons.